The summed E-state index contributed by atoms with van der Waals surface area (Å²) in [5.41, 5.74) is 5.21. The molecule has 0 amide bonds. The van der Waals surface area contributed by atoms with Crippen LogP contribution in [0, 0.1) is 12.3 Å². The van der Waals surface area contributed by atoms with Gasteiger partial charge in [0, 0.05) is 6.42 Å². The Morgan fingerprint density at radius 2 is 2.07 bits per heavy atom. The molecule has 1 unspecified atom stereocenters. The number of hydrogen-bond donors (Lipinski definition) is 1. The quantitative estimate of drug-likeness (QED) is 0.415. The van der Waals surface area contributed by atoms with Crippen molar-refractivity contribution in [1.82, 2.24) is 0 Å². The topological polar surface area (TPSA) is 61.6 Å². The van der Waals surface area contributed by atoms with Crippen LogP contribution >= 0.6 is 0 Å². The van der Waals surface area contributed by atoms with Crippen LogP contribution in [0.25, 0.3) is 0 Å². The molecule has 0 spiro atoms. The number of hydrogen-bond acceptors (Lipinski definition) is 4. The number of ether oxygens (including phenoxy) is 2. The van der Waals surface area contributed by atoms with E-state index >= 15 is 0 Å². The first-order chi connectivity index (χ1) is 6.87. The monoisotopic (exact) mass is 213 g/mol. The molecule has 0 aliphatic rings. The van der Waals surface area contributed by atoms with Crippen LogP contribution in [0.15, 0.2) is 0 Å². The van der Waals surface area contributed by atoms with Gasteiger partial charge < -0.3 is 15.2 Å². The van der Waals surface area contributed by atoms with Gasteiger partial charge in [0.25, 0.3) is 0 Å². The molecule has 1 atom stereocenters. The molecule has 0 heterocycles. The zero-order chi connectivity index (χ0) is 11.9. The highest BCUT2D eigenvalue weighted by Crippen LogP contribution is 2.05. The van der Waals surface area contributed by atoms with Crippen LogP contribution < -0.4 is 5.73 Å². The van der Waals surface area contributed by atoms with Gasteiger partial charge >= 0.3 is 5.97 Å². The number of carbonyl (C=O) groups excluding carboxylic acids is 1. The smallest absolute Gasteiger partial charge is 0.323 e. The van der Waals surface area contributed by atoms with Crippen LogP contribution in [-0.2, 0) is 14.3 Å². The zero-order valence-corrected chi connectivity index (χ0v) is 9.58. The van der Waals surface area contributed by atoms with Crippen molar-refractivity contribution in [1.29, 1.82) is 0 Å². The number of carbonyl (C=O) groups is 1. The summed E-state index contributed by atoms with van der Waals surface area (Å²) in [7, 11) is 0. The van der Waals surface area contributed by atoms with Crippen LogP contribution in [0.5, 0.6) is 0 Å². The SMILES string of the molecule is C#CCC(N)C(=O)OCCOC(C)(C)C. The van der Waals surface area contributed by atoms with Gasteiger partial charge in [-0.05, 0) is 20.8 Å². The van der Waals surface area contributed by atoms with Crippen molar-refractivity contribution in [2.45, 2.75) is 38.8 Å². The molecule has 0 saturated heterocycles. The summed E-state index contributed by atoms with van der Waals surface area (Å²) in [5, 5.41) is 0. The van der Waals surface area contributed by atoms with Crippen LogP contribution in [0.1, 0.15) is 27.2 Å². The van der Waals surface area contributed by atoms with Gasteiger partial charge in [-0.2, -0.15) is 0 Å². The van der Waals surface area contributed by atoms with Crippen molar-refractivity contribution in [3.05, 3.63) is 0 Å². The third-order valence-electron chi connectivity index (χ3n) is 1.50. The number of nitrogens with two attached hydrogens (primary N) is 1. The maximum Gasteiger partial charge on any atom is 0.323 e. The molecule has 0 bridgehead atoms. The Bertz CT molecular complexity index is 237. The molecule has 2 N–H and O–H groups in total. The fourth-order valence-corrected chi connectivity index (χ4v) is 0.807. The van der Waals surface area contributed by atoms with Crippen molar-refractivity contribution >= 4 is 5.97 Å². The number of terminal acetylenes is 1. The largest absolute Gasteiger partial charge is 0.462 e. The van der Waals surface area contributed by atoms with Crippen molar-refractivity contribution < 1.29 is 14.3 Å². The van der Waals surface area contributed by atoms with Crippen molar-refractivity contribution in [3.63, 3.8) is 0 Å². The molecule has 0 aromatic carbocycles. The molecule has 86 valence electrons. The summed E-state index contributed by atoms with van der Waals surface area (Å²) in [6.45, 7) is 6.35. The highest BCUT2D eigenvalue weighted by Gasteiger charge is 2.14. The minimum absolute atomic E-state index is 0.193. The van der Waals surface area contributed by atoms with Gasteiger partial charge in [0.15, 0.2) is 0 Å². The summed E-state index contributed by atoms with van der Waals surface area (Å²) in [5.74, 6) is 1.82. The normalized spacial score (nSPS) is 13.0. The maximum absolute atomic E-state index is 11.2. The first kappa shape index (κ1) is 13.9. The van der Waals surface area contributed by atoms with Gasteiger partial charge in [-0.25, -0.2) is 0 Å². The van der Waals surface area contributed by atoms with Crippen LogP contribution in [0.2, 0.25) is 0 Å². The first-order valence-electron chi connectivity index (χ1n) is 4.86. The van der Waals surface area contributed by atoms with Gasteiger partial charge in [-0.15, -0.1) is 12.3 Å². The van der Waals surface area contributed by atoms with Crippen LogP contribution in [0.3, 0.4) is 0 Å². The summed E-state index contributed by atoms with van der Waals surface area (Å²) < 4.78 is 10.2. The molecule has 0 saturated carbocycles. The van der Waals surface area contributed by atoms with E-state index in [9.17, 15) is 4.79 Å². The molecule has 0 aromatic heterocycles. The lowest BCUT2D eigenvalue weighted by Crippen LogP contribution is -2.33. The van der Waals surface area contributed by atoms with E-state index in [1.54, 1.807) is 0 Å². The molecule has 0 radical (unpaired) electrons. The third kappa shape index (κ3) is 7.98. The Morgan fingerprint density at radius 3 is 2.53 bits per heavy atom. The zero-order valence-electron chi connectivity index (χ0n) is 9.58. The Kier molecular flexibility index (Phi) is 5.99. The molecule has 15 heavy (non-hydrogen) atoms. The van der Waals surface area contributed by atoms with Crippen LogP contribution in [0.4, 0.5) is 0 Å². The van der Waals surface area contributed by atoms with E-state index in [2.05, 4.69) is 5.92 Å². The minimum Gasteiger partial charge on any atom is -0.462 e. The minimum atomic E-state index is -0.732. The predicted molar refractivity (Wildman–Crippen MR) is 58.1 cm³/mol. The molecule has 0 aliphatic carbocycles. The molecule has 0 rings (SSSR count). The van der Waals surface area contributed by atoms with E-state index in [4.69, 9.17) is 21.6 Å². The highest BCUT2D eigenvalue weighted by atomic mass is 16.6. The first-order valence-corrected chi connectivity index (χ1v) is 4.86. The van der Waals surface area contributed by atoms with E-state index in [1.165, 1.54) is 0 Å². The van der Waals surface area contributed by atoms with Crippen molar-refractivity contribution in [2.24, 2.45) is 5.73 Å². The van der Waals surface area contributed by atoms with Crippen molar-refractivity contribution in [3.8, 4) is 12.3 Å². The Morgan fingerprint density at radius 1 is 1.47 bits per heavy atom. The second-order valence-corrected chi connectivity index (χ2v) is 4.14. The molecule has 0 aromatic rings. The lowest BCUT2D eigenvalue weighted by Gasteiger charge is -2.19. The summed E-state index contributed by atoms with van der Waals surface area (Å²) in [4.78, 5) is 11.2. The van der Waals surface area contributed by atoms with Gasteiger partial charge in [-0.3, -0.25) is 4.79 Å². The van der Waals surface area contributed by atoms with Gasteiger partial charge in [-0.1, -0.05) is 0 Å². The number of esters is 1. The molecular weight excluding hydrogens is 194 g/mol. The van der Waals surface area contributed by atoms with Crippen molar-refractivity contribution in [2.75, 3.05) is 13.2 Å². The third-order valence-corrected chi connectivity index (χ3v) is 1.50. The predicted octanol–water partition coefficient (Wildman–Crippen LogP) is 0.695. The Labute approximate surface area is 91.1 Å². The van der Waals surface area contributed by atoms with Gasteiger partial charge in [0.05, 0.1) is 12.2 Å². The van der Waals surface area contributed by atoms with Gasteiger partial charge in [0.1, 0.15) is 12.6 Å². The maximum atomic E-state index is 11.2. The molecule has 4 nitrogen and oxygen atoms in total. The fourth-order valence-electron chi connectivity index (χ4n) is 0.807. The highest BCUT2D eigenvalue weighted by molar-refractivity contribution is 5.75. The van der Waals surface area contributed by atoms with E-state index in [0.29, 0.717) is 6.61 Å². The Hall–Kier alpha value is -1.05. The average molecular weight is 213 g/mol. The molecule has 0 fully saturated rings. The Balaban J connectivity index is 3.61. The molecule has 0 aliphatic heterocycles. The summed E-state index contributed by atoms with van der Waals surface area (Å²) in [6, 6.07) is -0.732. The van der Waals surface area contributed by atoms with E-state index in [1.807, 2.05) is 20.8 Å². The second kappa shape index (κ2) is 6.44. The molecule has 4 heteroatoms. The lowest BCUT2D eigenvalue weighted by atomic mass is 10.2. The average Bonchev–Trinajstić information content (AvgIpc) is 2.11. The standard InChI is InChI=1S/C11H19NO3/c1-5-6-9(12)10(13)14-7-8-15-11(2,3)4/h1,9H,6-8,12H2,2-4H3. The van der Waals surface area contributed by atoms with E-state index in [0.717, 1.165) is 0 Å². The summed E-state index contributed by atoms with van der Waals surface area (Å²) in [6.07, 6.45) is 5.21. The second-order valence-electron chi connectivity index (χ2n) is 4.14. The van der Waals surface area contributed by atoms with E-state index in [-0.39, 0.29) is 18.6 Å². The van der Waals surface area contributed by atoms with Gasteiger partial charge in [0.2, 0.25) is 0 Å². The summed E-state index contributed by atoms with van der Waals surface area (Å²) >= 11 is 0. The lowest BCUT2D eigenvalue weighted by molar-refractivity contribution is -0.148. The number of rotatable bonds is 5. The van der Waals surface area contributed by atoms with Crippen LogP contribution in [-0.4, -0.2) is 30.8 Å². The van der Waals surface area contributed by atoms with E-state index < -0.39 is 12.0 Å². The molecular formula is C11H19NO3. The fraction of sp³-hybridized carbons (Fsp3) is 0.727.